The van der Waals surface area contributed by atoms with Crippen molar-refractivity contribution >= 4 is 11.9 Å². The van der Waals surface area contributed by atoms with Gasteiger partial charge in [0, 0.05) is 18.3 Å². The van der Waals surface area contributed by atoms with Gasteiger partial charge in [0.25, 0.3) is 0 Å². The molecule has 2 unspecified atom stereocenters. The van der Waals surface area contributed by atoms with Crippen LogP contribution in [0.5, 0.6) is 0 Å². The van der Waals surface area contributed by atoms with Crippen LogP contribution in [0.15, 0.2) is 73.2 Å². The molecule has 0 bridgehead atoms. The number of aromatic amines is 1. The Morgan fingerprint density at radius 3 is 2.18 bits per heavy atom. The summed E-state index contributed by atoms with van der Waals surface area (Å²) in [5.41, 5.74) is 0.642. The number of aromatic nitrogens is 2. The summed E-state index contributed by atoms with van der Waals surface area (Å²) in [6.07, 6.45) is 4.44. The molecule has 1 aromatic heterocycles. The monoisotopic (exact) mass is 534 g/mol. The van der Waals surface area contributed by atoms with Crippen molar-refractivity contribution in [1.29, 1.82) is 0 Å². The molecule has 0 aliphatic carbocycles. The number of H-pyrrole nitrogens is 1. The molecule has 3 rings (SSSR count). The molecular formula is C31H42N4O4. The van der Waals surface area contributed by atoms with E-state index in [4.69, 9.17) is 9.47 Å². The lowest BCUT2D eigenvalue weighted by molar-refractivity contribution is -0.167. The van der Waals surface area contributed by atoms with Gasteiger partial charge in [-0.25, -0.2) is 9.78 Å². The van der Waals surface area contributed by atoms with Crippen molar-refractivity contribution in [2.45, 2.75) is 77.8 Å². The standard InChI is InChI=1S/C31H42N4O4/c1-23(2)19-34-31(29(37)39-30(3,4)5,17-16-24-12-8-6-9-13-24)35-27(18-26-20-32-22-33-26)28(36)38-21-25-14-10-7-11-15-25/h6-15,20,22-23,27,34-35H,16-19,21H2,1-5H3,(H,32,33). The Hall–Kier alpha value is -3.49. The first-order valence-corrected chi connectivity index (χ1v) is 13.5. The van der Waals surface area contributed by atoms with Crippen LogP contribution in [0.3, 0.4) is 0 Å². The van der Waals surface area contributed by atoms with Crippen LogP contribution in [0, 0.1) is 5.92 Å². The average Bonchev–Trinajstić information content (AvgIpc) is 3.41. The van der Waals surface area contributed by atoms with Gasteiger partial charge in [-0.05, 0) is 57.2 Å². The molecule has 2 atom stereocenters. The fourth-order valence-electron chi connectivity index (χ4n) is 4.10. The largest absolute Gasteiger partial charge is 0.460 e. The highest BCUT2D eigenvalue weighted by Gasteiger charge is 2.44. The third kappa shape index (κ3) is 9.96. The van der Waals surface area contributed by atoms with E-state index in [2.05, 4.69) is 34.4 Å². The van der Waals surface area contributed by atoms with E-state index in [1.165, 1.54) is 0 Å². The Morgan fingerprint density at radius 2 is 1.62 bits per heavy atom. The van der Waals surface area contributed by atoms with Crippen LogP contribution in [-0.4, -0.2) is 45.8 Å². The van der Waals surface area contributed by atoms with Crippen molar-refractivity contribution in [2.24, 2.45) is 5.92 Å². The minimum Gasteiger partial charge on any atom is -0.460 e. The summed E-state index contributed by atoms with van der Waals surface area (Å²) in [6.45, 7) is 10.3. The van der Waals surface area contributed by atoms with Gasteiger partial charge in [0.2, 0.25) is 0 Å². The van der Waals surface area contributed by atoms with Crippen LogP contribution in [0.25, 0.3) is 0 Å². The van der Waals surface area contributed by atoms with Gasteiger partial charge in [-0.3, -0.25) is 15.4 Å². The maximum Gasteiger partial charge on any atom is 0.341 e. The van der Waals surface area contributed by atoms with E-state index in [1.807, 2.05) is 81.4 Å². The summed E-state index contributed by atoms with van der Waals surface area (Å²) in [5, 5.41) is 6.83. The minimum absolute atomic E-state index is 0.129. The summed E-state index contributed by atoms with van der Waals surface area (Å²) >= 11 is 0. The van der Waals surface area contributed by atoms with E-state index in [1.54, 1.807) is 12.5 Å². The molecule has 0 saturated heterocycles. The second-order valence-corrected chi connectivity index (χ2v) is 11.2. The maximum atomic E-state index is 13.9. The normalized spacial score (nSPS) is 14.0. The third-order valence-corrected chi connectivity index (χ3v) is 6.10. The number of carbonyl (C=O) groups excluding carboxylic acids is 2. The molecule has 3 N–H and O–H groups in total. The van der Waals surface area contributed by atoms with Gasteiger partial charge in [-0.2, -0.15) is 0 Å². The van der Waals surface area contributed by atoms with E-state index in [-0.39, 0.29) is 18.9 Å². The Kier molecular flexibility index (Phi) is 10.8. The zero-order valence-corrected chi connectivity index (χ0v) is 23.7. The predicted octanol–water partition coefficient (Wildman–Crippen LogP) is 4.57. The van der Waals surface area contributed by atoms with Gasteiger partial charge in [-0.15, -0.1) is 0 Å². The van der Waals surface area contributed by atoms with Crippen molar-refractivity contribution in [3.05, 3.63) is 90.0 Å². The highest BCUT2D eigenvalue weighted by molar-refractivity contribution is 5.83. The first-order valence-electron chi connectivity index (χ1n) is 13.5. The molecule has 3 aromatic rings. The van der Waals surface area contributed by atoms with Crippen molar-refractivity contribution < 1.29 is 19.1 Å². The number of hydrogen-bond acceptors (Lipinski definition) is 7. The van der Waals surface area contributed by atoms with Crippen LogP contribution in [0.4, 0.5) is 0 Å². The molecule has 0 aliphatic rings. The molecule has 39 heavy (non-hydrogen) atoms. The molecule has 0 aliphatic heterocycles. The Labute approximate surface area is 231 Å². The fourth-order valence-corrected chi connectivity index (χ4v) is 4.10. The number of nitrogens with one attached hydrogen (secondary N) is 3. The summed E-state index contributed by atoms with van der Waals surface area (Å²) in [6, 6.07) is 18.6. The molecule has 1 heterocycles. The Morgan fingerprint density at radius 1 is 0.974 bits per heavy atom. The summed E-state index contributed by atoms with van der Waals surface area (Å²) in [7, 11) is 0. The highest BCUT2D eigenvalue weighted by Crippen LogP contribution is 2.21. The summed E-state index contributed by atoms with van der Waals surface area (Å²) in [5.74, 6) is -0.675. The molecule has 0 radical (unpaired) electrons. The zero-order valence-electron chi connectivity index (χ0n) is 23.7. The van der Waals surface area contributed by atoms with Crippen molar-refractivity contribution in [2.75, 3.05) is 6.54 Å². The molecule has 0 fully saturated rings. The number of nitrogens with zero attached hydrogens (tertiary/aromatic N) is 1. The molecule has 0 spiro atoms. The van der Waals surface area contributed by atoms with Crippen molar-refractivity contribution in [3.8, 4) is 0 Å². The molecule has 8 nitrogen and oxygen atoms in total. The van der Waals surface area contributed by atoms with Gasteiger partial charge in [0.15, 0.2) is 5.66 Å². The van der Waals surface area contributed by atoms with E-state index >= 15 is 0 Å². The zero-order chi connectivity index (χ0) is 28.3. The molecular weight excluding hydrogens is 492 g/mol. The first-order chi connectivity index (χ1) is 18.6. The van der Waals surface area contributed by atoms with Crippen LogP contribution < -0.4 is 10.6 Å². The first kappa shape index (κ1) is 30.1. The SMILES string of the molecule is CC(C)CNC(CCc1ccccc1)(NC(Cc1cnc[nH]1)C(=O)OCc1ccccc1)C(=O)OC(C)(C)C. The van der Waals surface area contributed by atoms with Crippen LogP contribution in [-0.2, 0) is 38.5 Å². The van der Waals surface area contributed by atoms with E-state index in [9.17, 15) is 9.59 Å². The van der Waals surface area contributed by atoms with Crippen molar-refractivity contribution in [1.82, 2.24) is 20.6 Å². The van der Waals surface area contributed by atoms with Gasteiger partial charge in [0.1, 0.15) is 18.2 Å². The van der Waals surface area contributed by atoms with Gasteiger partial charge < -0.3 is 14.5 Å². The number of benzene rings is 2. The smallest absolute Gasteiger partial charge is 0.341 e. The van der Waals surface area contributed by atoms with Gasteiger partial charge >= 0.3 is 11.9 Å². The Bertz CT molecular complexity index is 1140. The number of carbonyl (C=O) groups is 2. The fraction of sp³-hybridized carbons (Fsp3) is 0.452. The van der Waals surface area contributed by atoms with Crippen LogP contribution in [0.1, 0.15) is 57.9 Å². The number of aryl methyl sites for hydroxylation is 1. The molecule has 2 aromatic carbocycles. The molecule has 0 amide bonds. The number of rotatable bonds is 14. The number of ether oxygens (including phenoxy) is 2. The van der Waals surface area contributed by atoms with Gasteiger partial charge in [0.05, 0.1) is 6.33 Å². The number of imidazole rings is 1. The molecule has 0 saturated carbocycles. The van der Waals surface area contributed by atoms with E-state index in [0.29, 0.717) is 19.4 Å². The summed E-state index contributed by atoms with van der Waals surface area (Å²) < 4.78 is 11.7. The minimum atomic E-state index is -1.34. The lowest BCUT2D eigenvalue weighted by Crippen LogP contribution is -2.68. The Balaban J connectivity index is 1.94. The predicted molar refractivity (Wildman–Crippen MR) is 152 cm³/mol. The molecule has 8 heteroatoms. The lowest BCUT2D eigenvalue weighted by Gasteiger charge is -2.39. The van der Waals surface area contributed by atoms with Crippen molar-refractivity contribution in [3.63, 3.8) is 0 Å². The number of hydrogen-bond donors (Lipinski definition) is 3. The quantitative estimate of drug-likeness (QED) is 0.206. The van der Waals surface area contributed by atoms with E-state index < -0.39 is 29.2 Å². The molecule has 210 valence electrons. The van der Waals surface area contributed by atoms with Crippen LogP contribution >= 0.6 is 0 Å². The second kappa shape index (κ2) is 14.1. The lowest BCUT2D eigenvalue weighted by atomic mass is 9.96. The maximum absolute atomic E-state index is 13.9. The average molecular weight is 535 g/mol. The van der Waals surface area contributed by atoms with Gasteiger partial charge in [-0.1, -0.05) is 74.5 Å². The third-order valence-electron chi connectivity index (χ3n) is 6.10. The topological polar surface area (TPSA) is 105 Å². The second-order valence-electron chi connectivity index (χ2n) is 11.2. The van der Waals surface area contributed by atoms with E-state index in [0.717, 1.165) is 16.8 Å². The highest BCUT2D eigenvalue weighted by atomic mass is 16.6. The number of esters is 2. The summed E-state index contributed by atoms with van der Waals surface area (Å²) in [4.78, 5) is 34.6. The van der Waals surface area contributed by atoms with Crippen LogP contribution in [0.2, 0.25) is 0 Å².